The molecule has 0 aromatic carbocycles. The molecule has 5 nitrogen and oxygen atoms in total. The summed E-state index contributed by atoms with van der Waals surface area (Å²) >= 11 is 0. The summed E-state index contributed by atoms with van der Waals surface area (Å²) < 4.78 is 1.41. The van der Waals surface area contributed by atoms with Crippen molar-refractivity contribution in [3.05, 3.63) is 28.7 Å². The molecular formula is C8H8N4O. The number of fused-ring (bicyclic) bond motifs is 1. The molecule has 2 aromatic rings. The van der Waals surface area contributed by atoms with Gasteiger partial charge in [-0.05, 0) is 6.92 Å². The van der Waals surface area contributed by atoms with Gasteiger partial charge in [-0.1, -0.05) is 0 Å². The molecule has 5 heteroatoms. The van der Waals surface area contributed by atoms with E-state index in [1.165, 1.54) is 10.8 Å². The Bertz CT molecular complexity index is 517. The van der Waals surface area contributed by atoms with Crippen molar-refractivity contribution in [1.29, 1.82) is 0 Å². The first-order valence-corrected chi connectivity index (χ1v) is 3.84. The molecule has 0 atom stereocenters. The van der Waals surface area contributed by atoms with Crippen LogP contribution in [0.3, 0.4) is 0 Å². The van der Waals surface area contributed by atoms with Gasteiger partial charge in [0.25, 0.3) is 0 Å². The van der Waals surface area contributed by atoms with Gasteiger partial charge in [-0.2, -0.15) is 0 Å². The highest BCUT2D eigenvalue weighted by molar-refractivity contribution is 5.72. The van der Waals surface area contributed by atoms with E-state index >= 15 is 0 Å². The number of hydrogen-bond donors (Lipinski definition) is 0. The van der Waals surface area contributed by atoms with Crippen molar-refractivity contribution in [3.8, 4) is 0 Å². The Labute approximate surface area is 74.1 Å². The van der Waals surface area contributed by atoms with Crippen LogP contribution in [-0.2, 0) is 7.05 Å². The molecule has 0 saturated heterocycles. The molecule has 0 aliphatic heterocycles. The lowest BCUT2D eigenvalue weighted by Gasteiger charge is -2.01. The molecule has 0 N–H and O–H groups in total. The number of nitrogens with zero attached hydrogens (tertiary/aromatic N) is 4. The van der Waals surface area contributed by atoms with Gasteiger partial charge < -0.3 is 0 Å². The highest BCUT2D eigenvalue weighted by atomic mass is 16.1. The Balaban J connectivity index is 2.97. The Kier molecular flexibility index (Phi) is 1.58. The van der Waals surface area contributed by atoms with Crippen LogP contribution < -0.4 is 5.69 Å². The summed E-state index contributed by atoms with van der Waals surface area (Å²) in [5.41, 5.74) is 0.318. The summed E-state index contributed by atoms with van der Waals surface area (Å²) in [6.45, 7) is 1.78. The molecule has 2 aromatic heterocycles. The maximum atomic E-state index is 11.1. The van der Waals surface area contributed by atoms with E-state index in [9.17, 15) is 4.79 Å². The van der Waals surface area contributed by atoms with Crippen LogP contribution in [-0.4, -0.2) is 19.5 Å². The van der Waals surface area contributed by atoms with Crippen LogP contribution in [0, 0.1) is 6.92 Å². The van der Waals surface area contributed by atoms with Crippen molar-refractivity contribution in [1.82, 2.24) is 19.5 Å². The predicted octanol–water partition coefficient (Wildman–Crippen LogP) is 0.0319. The van der Waals surface area contributed by atoms with E-state index < -0.39 is 0 Å². The topological polar surface area (TPSA) is 60.7 Å². The monoisotopic (exact) mass is 176 g/mol. The molecule has 0 aliphatic carbocycles. The van der Waals surface area contributed by atoms with Crippen molar-refractivity contribution >= 4 is 11.0 Å². The lowest BCUT2D eigenvalue weighted by Crippen LogP contribution is -2.20. The summed E-state index contributed by atoms with van der Waals surface area (Å²) in [7, 11) is 1.64. The zero-order valence-corrected chi connectivity index (χ0v) is 7.35. The minimum Gasteiger partial charge on any atom is -0.279 e. The van der Waals surface area contributed by atoms with E-state index in [-0.39, 0.29) is 5.69 Å². The standard InChI is InChI=1S/C8H8N4O/c1-5-9-3-6-4-10-8(13)12(2)7(6)11-5/h3-4H,1-2H3. The van der Waals surface area contributed by atoms with E-state index in [1.54, 1.807) is 20.2 Å². The molecule has 0 saturated carbocycles. The van der Waals surface area contributed by atoms with Gasteiger partial charge in [-0.15, -0.1) is 0 Å². The summed E-state index contributed by atoms with van der Waals surface area (Å²) in [5.74, 6) is 0.647. The molecular weight excluding hydrogens is 168 g/mol. The zero-order valence-electron chi connectivity index (χ0n) is 7.35. The van der Waals surface area contributed by atoms with Gasteiger partial charge in [0.05, 0.1) is 5.39 Å². The van der Waals surface area contributed by atoms with Crippen molar-refractivity contribution in [2.75, 3.05) is 0 Å². The largest absolute Gasteiger partial charge is 0.348 e. The summed E-state index contributed by atoms with van der Waals surface area (Å²) in [4.78, 5) is 23.0. The number of rotatable bonds is 0. The highest BCUT2D eigenvalue weighted by Crippen LogP contribution is 2.04. The van der Waals surface area contributed by atoms with Gasteiger partial charge in [-0.25, -0.2) is 19.7 Å². The predicted molar refractivity (Wildman–Crippen MR) is 47.3 cm³/mol. The molecule has 2 heterocycles. The minimum atomic E-state index is -0.300. The van der Waals surface area contributed by atoms with Gasteiger partial charge >= 0.3 is 5.69 Å². The lowest BCUT2D eigenvalue weighted by atomic mass is 10.4. The van der Waals surface area contributed by atoms with Crippen LogP contribution in [0.5, 0.6) is 0 Å². The van der Waals surface area contributed by atoms with Crippen molar-refractivity contribution < 1.29 is 0 Å². The normalized spacial score (nSPS) is 10.6. The van der Waals surface area contributed by atoms with Gasteiger partial charge in [0.15, 0.2) is 0 Å². The first kappa shape index (κ1) is 7.85. The van der Waals surface area contributed by atoms with Crippen LogP contribution >= 0.6 is 0 Å². The van der Waals surface area contributed by atoms with E-state index in [0.717, 1.165) is 5.39 Å². The lowest BCUT2D eigenvalue weighted by molar-refractivity contribution is 0.829. The summed E-state index contributed by atoms with van der Waals surface area (Å²) in [6, 6.07) is 0. The molecule has 0 unspecified atom stereocenters. The van der Waals surface area contributed by atoms with Crippen LogP contribution in [0.25, 0.3) is 11.0 Å². The average Bonchev–Trinajstić information content (AvgIpc) is 2.12. The van der Waals surface area contributed by atoms with Crippen LogP contribution in [0.15, 0.2) is 17.2 Å². The molecule has 0 fully saturated rings. The first-order valence-electron chi connectivity index (χ1n) is 3.84. The fourth-order valence-corrected chi connectivity index (χ4v) is 1.13. The molecule has 0 spiro atoms. The second kappa shape index (κ2) is 2.62. The second-order valence-electron chi connectivity index (χ2n) is 2.80. The van der Waals surface area contributed by atoms with Gasteiger partial charge in [0.2, 0.25) is 0 Å². The van der Waals surface area contributed by atoms with E-state index in [2.05, 4.69) is 15.0 Å². The first-order chi connectivity index (χ1) is 6.18. The molecule has 2 rings (SSSR count). The second-order valence-corrected chi connectivity index (χ2v) is 2.80. The van der Waals surface area contributed by atoms with Gasteiger partial charge in [0, 0.05) is 19.4 Å². The Morgan fingerprint density at radius 1 is 1.31 bits per heavy atom. The van der Waals surface area contributed by atoms with E-state index in [1.807, 2.05) is 0 Å². The molecule has 66 valence electrons. The van der Waals surface area contributed by atoms with Gasteiger partial charge in [0.1, 0.15) is 11.5 Å². The van der Waals surface area contributed by atoms with Crippen molar-refractivity contribution in [2.45, 2.75) is 6.92 Å². The molecule has 0 aliphatic rings. The fraction of sp³-hybridized carbons (Fsp3) is 0.250. The third kappa shape index (κ3) is 1.18. The Morgan fingerprint density at radius 3 is 2.77 bits per heavy atom. The molecule has 0 amide bonds. The molecule has 0 radical (unpaired) electrons. The third-order valence-electron chi connectivity index (χ3n) is 1.84. The van der Waals surface area contributed by atoms with Crippen LogP contribution in [0.2, 0.25) is 0 Å². The fourth-order valence-electron chi connectivity index (χ4n) is 1.13. The quantitative estimate of drug-likeness (QED) is 0.568. The molecule has 0 bridgehead atoms. The minimum absolute atomic E-state index is 0.300. The Morgan fingerprint density at radius 2 is 2.00 bits per heavy atom. The van der Waals surface area contributed by atoms with Crippen molar-refractivity contribution in [2.24, 2.45) is 7.05 Å². The number of aromatic nitrogens is 4. The van der Waals surface area contributed by atoms with Crippen LogP contribution in [0.4, 0.5) is 0 Å². The van der Waals surface area contributed by atoms with Crippen molar-refractivity contribution in [3.63, 3.8) is 0 Å². The Hall–Kier alpha value is -1.78. The van der Waals surface area contributed by atoms with E-state index in [4.69, 9.17) is 0 Å². The summed E-state index contributed by atoms with van der Waals surface area (Å²) in [6.07, 6.45) is 3.14. The average molecular weight is 176 g/mol. The smallest absolute Gasteiger partial charge is 0.279 e. The summed E-state index contributed by atoms with van der Waals surface area (Å²) in [5, 5.41) is 0.771. The maximum absolute atomic E-state index is 11.1. The zero-order chi connectivity index (χ0) is 9.42. The van der Waals surface area contributed by atoms with Gasteiger partial charge in [-0.3, -0.25) is 4.57 Å². The molecule has 13 heavy (non-hydrogen) atoms. The number of aryl methyl sites for hydroxylation is 2. The third-order valence-corrected chi connectivity index (χ3v) is 1.84. The highest BCUT2D eigenvalue weighted by Gasteiger charge is 2.01. The number of hydrogen-bond acceptors (Lipinski definition) is 4. The van der Waals surface area contributed by atoms with E-state index in [0.29, 0.717) is 11.5 Å². The SMILES string of the molecule is Cc1ncc2cnc(=O)n(C)c2n1. The maximum Gasteiger partial charge on any atom is 0.348 e. The van der Waals surface area contributed by atoms with Crippen LogP contribution in [0.1, 0.15) is 5.82 Å².